The molecule has 310 valence electrons. The van der Waals surface area contributed by atoms with Gasteiger partial charge in [0.2, 0.25) is 0 Å². The van der Waals surface area contributed by atoms with Crippen molar-refractivity contribution in [1.29, 1.82) is 0 Å². The third-order valence-corrected chi connectivity index (χ3v) is 12.0. The third-order valence-electron chi connectivity index (χ3n) is 12.0. The van der Waals surface area contributed by atoms with Crippen molar-refractivity contribution in [2.24, 2.45) is 23.7 Å². The molecule has 4 saturated heterocycles. The van der Waals surface area contributed by atoms with Crippen molar-refractivity contribution < 1.29 is 62.5 Å². The minimum absolute atomic E-state index is 0.0273. The Hall–Kier alpha value is -2.32. The van der Waals surface area contributed by atoms with E-state index in [1.54, 1.807) is 6.92 Å². The van der Waals surface area contributed by atoms with Gasteiger partial charge in [-0.2, -0.15) is 0 Å². The summed E-state index contributed by atoms with van der Waals surface area (Å²) in [5.74, 6) is -3.69. The van der Waals surface area contributed by atoms with Crippen molar-refractivity contribution in [3.8, 4) is 0 Å². The van der Waals surface area contributed by atoms with E-state index in [1.807, 2.05) is 48.5 Å². The fourth-order valence-electron chi connectivity index (χ4n) is 8.36. The molecule has 4 heterocycles. The molecule has 13 heteroatoms. The zero-order valence-corrected chi connectivity index (χ0v) is 33.8. The molecule has 4 aliphatic rings. The summed E-state index contributed by atoms with van der Waals surface area (Å²) in [4.78, 5) is 50.3. The molecule has 16 atom stereocenters. The Morgan fingerprint density at radius 1 is 0.500 bits per heavy atom. The molecule has 4 aliphatic heterocycles. The van der Waals surface area contributed by atoms with Crippen LogP contribution in [-0.4, -0.2) is 107 Å². The highest BCUT2D eigenvalue weighted by molar-refractivity contribution is 5.74. The van der Waals surface area contributed by atoms with Gasteiger partial charge < -0.3 is 43.4 Å². The van der Waals surface area contributed by atoms with E-state index in [9.17, 15) is 29.4 Å². The van der Waals surface area contributed by atoms with E-state index in [4.69, 9.17) is 33.2 Å². The maximum atomic E-state index is 13.1. The molecule has 4 rings (SSSR count). The number of aliphatic hydroxyl groups excluding tert-OH is 1. The molecule has 0 spiro atoms. The number of esters is 3. The van der Waals surface area contributed by atoms with Crippen LogP contribution in [0, 0.1) is 23.7 Å². The Labute approximate surface area is 321 Å². The summed E-state index contributed by atoms with van der Waals surface area (Å²) >= 11 is 0. The number of carboxylic acid groups (broad SMARTS) is 1. The molecule has 2 N–H and O–H groups in total. The molecule has 0 aliphatic carbocycles. The van der Waals surface area contributed by atoms with E-state index >= 15 is 0 Å². The van der Waals surface area contributed by atoms with E-state index in [0.717, 1.165) is 32.1 Å². The average Bonchev–Trinajstić information content (AvgIpc) is 3.95. The van der Waals surface area contributed by atoms with Crippen LogP contribution in [0.25, 0.3) is 0 Å². The number of hydrogen-bond donors (Lipinski definition) is 2. The summed E-state index contributed by atoms with van der Waals surface area (Å²) < 4.78 is 41.8. The predicted molar refractivity (Wildman–Crippen MR) is 197 cm³/mol. The smallest absolute Gasteiger partial charge is 0.311 e. The largest absolute Gasteiger partial charge is 0.481 e. The Morgan fingerprint density at radius 3 is 1.06 bits per heavy atom. The van der Waals surface area contributed by atoms with Crippen LogP contribution in [0.4, 0.5) is 0 Å². The molecule has 0 aromatic rings. The molecule has 0 bridgehead atoms. The number of carboxylic acids is 1. The summed E-state index contributed by atoms with van der Waals surface area (Å²) in [5.41, 5.74) is 0. The quantitative estimate of drug-likeness (QED) is 0.110. The summed E-state index contributed by atoms with van der Waals surface area (Å²) in [5, 5.41) is 19.2. The van der Waals surface area contributed by atoms with Crippen LogP contribution in [0.15, 0.2) is 0 Å². The zero-order chi connectivity index (χ0) is 39.7. The lowest BCUT2D eigenvalue weighted by atomic mass is 10.0. The minimum atomic E-state index is -0.872. The van der Waals surface area contributed by atoms with Crippen LogP contribution >= 0.6 is 0 Å². The zero-order valence-electron chi connectivity index (χ0n) is 33.8. The number of carbonyl (C=O) groups is 4. The fraction of sp³-hybridized carbons (Fsp3) is 0.902. The van der Waals surface area contributed by atoms with Gasteiger partial charge in [0.15, 0.2) is 0 Å². The Morgan fingerprint density at radius 2 is 0.778 bits per heavy atom. The maximum absolute atomic E-state index is 13.1. The summed E-state index contributed by atoms with van der Waals surface area (Å²) in [6.07, 6.45) is 5.80. The van der Waals surface area contributed by atoms with Crippen molar-refractivity contribution in [2.45, 2.75) is 212 Å². The van der Waals surface area contributed by atoms with Gasteiger partial charge in [-0.15, -0.1) is 0 Å². The molecule has 0 radical (unpaired) electrons. The lowest BCUT2D eigenvalue weighted by Crippen LogP contribution is -2.33. The highest BCUT2D eigenvalue weighted by atomic mass is 16.6. The molecule has 13 nitrogen and oxygen atoms in total. The van der Waals surface area contributed by atoms with Crippen LogP contribution in [0.3, 0.4) is 0 Å². The van der Waals surface area contributed by atoms with Crippen LogP contribution in [-0.2, 0) is 52.3 Å². The standard InChI is InChI=1S/C41H68O13/c1-9-29(42)21-33-13-17-37(54-33)28(8)41(47)50-24(4)20-32-12-16-36(53-32)27(7)40(46)49-23(3)19-31-11-15-35(52-31)26(6)39(45)48-22(2)18-30-10-14-34(51-30)25(5)38(43)44/h22-37,42H,9-21H2,1-8H3,(H,43,44). The summed E-state index contributed by atoms with van der Waals surface area (Å²) in [7, 11) is 0. The highest BCUT2D eigenvalue weighted by Gasteiger charge is 2.40. The third kappa shape index (κ3) is 12.9. The van der Waals surface area contributed by atoms with E-state index in [0.29, 0.717) is 51.4 Å². The first-order valence-corrected chi connectivity index (χ1v) is 20.7. The number of carbonyl (C=O) groups excluding carboxylic acids is 3. The van der Waals surface area contributed by atoms with E-state index < -0.39 is 29.6 Å². The lowest BCUT2D eigenvalue weighted by molar-refractivity contribution is -0.161. The van der Waals surface area contributed by atoms with E-state index in [2.05, 4.69) is 0 Å². The monoisotopic (exact) mass is 768 g/mol. The van der Waals surface area contributed by atoms with E-state index in [1.165, 1.54) is 0 Å². The summed E-state index contributed by atoms with van der Waals surface area (Å²) in [6.45, 7) is 14.6. The fourth-order valence-corrected chi connectivity index (χ4v) is 8.36. The van der Waals surface area contributed by atoms with Crippen LogP contribution in [0.1, 0.15) is 139 Å². The van der Waals surface area contributed by atoms with Gasteiger partial charge in [0.25, 0.3) is 0 Å². The summed E-state index contributed by atoms with van der Waals surface area (Å²) in [6, 6.07) is 0. The first kappa shape index (κ1) is 44.4. The van der Waals surface area contributed by atoms with Gasteiger partial charge in [0.05, 0.1) is 78.6 Å². The van der Waals surface area contributed by atoms with Gasteiger partial charge in [-0.05, 0) is 113 Å². The lowest BCUT2D eigenvalue weighted by Gasteiger charge is -2.25. The van der Waals surface area contributed by atoms with Crippen molar-refractivity contribution >= 4 is 23.9 Å². The van der Waals surface area contributed by atoms with Crippen LogP contribution in [0.5, 0.6) is 0 Å². The first-order chi connectivity index (χ1) is 25.5. The molecule has 0 saturated carbocycles. The van der Waals surface area contributed by atoms with Gasteiger partial charge in [-0.25, -0.2) is 0 Å². The molecular formula is C41H68O13. The van der Waals surface area contributed by atoms with Gasteiger partial charge in [-0.3, -0.25) is 19.2 Å². The minimum Gasteiger partial charge on any atom is -0.481 e. The number of aliphatic hydroxyl groups is 1. The van der Waals surface area contributed by atoms with Crippen molar-refractivity contribution in [3.63, 3.8) is 0 Å². The normalized spacial score (nSPS) is 32.9. The number of hydrogen-bond acceptors (Lipinski definition) is 12. The molecule has 0 aromatic carbocycles. The number of rotatable bonds is 20. The molecule has 54 heavy (non-hydrogen) atoms. The second-order valence-corrected chi connectivity index (χ2v) is 16.7. The SMILES string of the molecule is CCC(O)CC1CCC(C(C)C(=O)OC(C)CC2CCC(C(C)C(=O)OC(C)CC3CCC(C(C)C(=O)OC(C)CC4CCC(C(C)C(=O)O)O4)O3)O2)O1. The van der Waals surface area contributed by atoms with Crippen LogP contribution in [0.2, 0.25) is 0 Å². The van der Waals surface area contributed by atoms with E-state index in [-0.39, 0.29) is 91.2 Å². The number of ether oxygens (including phenoxy) is 7. The van der Waals surface area contributed by atoms with Gasteiger partial charge >= 0.3 is 23.9 Å². The van der Waals surface area contributed by atoms with Crippen molar-refractivity contribution in [2.75, 3.05) is 0 Å². The second kappa shape index (κ2) is 20.7. The molecule has 0 amide bonds. The molecule has 0 aromatic heterocycles. The second-order valence-electron chi connectivity index (χ2n) is 16.7. The maximum Gasteiger partial charge on any atom is 0.311 e. The van der Waals surface area contributed by atoms with Gasteiger partial charge in [0.1, 0.15) is 18.3 Å². The Kier molecular flexibility index (Phi) is 17.0. The van der Waals surface area contributed by atoms with Gasteiger partial charge in [0, 0.05) is 19.3 Å². The Balaban J connectivity index is 1.10. The molecule has 16 unspecified atom stereocenters. The predicted octanol–water partition coefficient (Wildman–Crippen LogP) is 5.93. The van der Waals surface area contributed by atoms with Crippen molar-refractivity contribution in [1.82, 2.24) is 0 Å². The molecular weight excluding hydrogens is 700 g/mol. The van der Waals surface area contributed by atoms with Crippen LogP contribution < -0.4 is 0 Å². The van der Waals surface area contributed by atoms with Gasteiger partial charge in [-0.1, -0.05) is 6.92 Å². The van der Waals surface area contributed by atoms with Crippen molar-refractivity contribution in [3.05, 3.63) is 0 Å². The highest BCUT2D eigenvalue weighted by Crippen LogP contribution is 2.34. The topological polar surface area (TPSA) is 173 Å². The first-order valence-electron chi connectivity index (χ1n) is 20.7. The number of aliphatic carboxylic acids is 1. The average molecular weight is 769 g/mol. The molecule has 4 fully saturated rings. The Bertz CT molecular complexity index is 1230.